The van der Waals surface area contributed by atoms with Crippen molar-refractivity contribution in [1.29, 1.82) is 0 Å². The predicted molar refractivity (Wildman–Crippen MR) is 103 cm³/mol. The summed E-state index contributed by atoms with van der Waals surface area (Å²) in [5.74, 6) is 0.0252. The van der Waals surface area contributed by atoms with E-state index in [4.69, 9.17) is 4.74 Å². The highest BCUT2D eigenvalue weighted by atomic mass is 19.1. The first-order valence-corrected chi connectivity index (χ1v) is 8.81. The number of aliphatic hydroxyl groups excluding tert-OH is 1. The number of hydrogen-bond donors (Lipinski definition) is 1. The number of carbonyl (C=O) groups is 1. The lowest BCUT2D eigenvalue weighted by atomic mass is 10.1. The maximum Gasteiger partial charge on any atom is 0.333 e. The highest BCUT2D eigenvalue weighted by Gasteiger charge is 2.14. The van der Waals surface area contributed by atoms with Crippen LogP contribution in [0.5, 0.6) is 5.75 Å². The molecule has 1 N–H and O–H groups in total. The normalized spacial score (nSPS) is 12.0. The SMILES string of the molecule is CC(=O)c1ccc(-n2c(C)cn(CC(O)COc3ccc(F)cc3)c2=O)cc1. The zero-order valence-corrected chi connectivity index (χ0v) is 15.6. The maximum atomic E-state index is 12.9. The van der Waals surface area contributed by atoms with E-state index in [1.54, 1.807) is 37.4 Å². The van der Waals surface area contributed by atoms with Gasteiger partial charge in [0, 0.05) is 17.5 Å². The third kappa shape index (κ3) is 4.37. The van der Waals surface area contributed by atoms with Gasteiger partial charge in [-0.25, -0.2) is 9.18 Å². The smallest absolute Gasteiger partial charge is 0.333 e. The molecule has 0 aliphatic rings. The van der Waals surface area contributed by atoms with E-state index in [0.29, 0.717) is 22.7 Å². The largest absolute Gasteiger partial charge is 0.491 e. The van der Waals surface area contributed by atoms with Crippen molar-refractivity contribution in [3.8, 4) is 11.4 Å². The Morgan fingerprint density at radius 2 is 1.79 bits per heavy atom. The van der Waals surface area contributed by atoms with Crippen molar-refractivity contribution in [2.45, 2.75) is 26.5 Å². The van der Waals surface area contributed by atoms with Gasteiger partial charge in [-0.3, -0.25) is 13.9 Å². The second-order valence-electron chi connectivity index (χ2n) is 6.56. The van der Waals surface area contributed by atoms with Gasteiger partial charge in [0.1, 0.15) is 24.3 Å². The molecule has 1 unspecified atom stereocenters. The van der Waals surface area contributed by atoms with Crippen LogP contribution in [0.2, 0.25) is 0 Å². The summed E-state index contributed by atoms with van der Waals surface area (Å²) in [6.07, 6.45) is 0.737. The number of aromatic nitrogens is 2. The molecule has 0 saturated heterocycles. The van der Waals surface area contributed by atoms with Crippen molar-refractivity contribution < 1.29 is 19.0 Å². The second kappa shape index (κ2) is 8.22. The van der Waals surface area contributed by atoms with Gasteiger partial charge in [0.25, 0.3) is 0 Å². The average molecular weight is 384 g/mol. The predicted octanol–water partition coefficient (Wildman–Crippen LogP) is 2.73. The van der Waals surface area contributed by atoms with E-state index in [0.717, 1.165) is 0 Å². The first kappa shape index (κ1) is 19.6. The Balaban J connectivity index is 1.71. The van der Waals surface area contributed by atoms with Crippen molar-refractivity contribution >= 4 is 5.78 Å². The molecule has 1 atom stereocenters. The summed E-state index contributed by atoms with van der Waals surface area (Å²) in [5, 5.41) is 10.2. The van der Waals surface area contributed by atoms with Crippen LogP contribution in [0.4, 0.5) is 4.39 Å². The Bertz CT molecular complexity index is 1020. The van der Waals surface area contributed by atoms with Gasteiger partial charge in [-0.1, -0.05) is 0 Å². The van der Waals surface area contributed by atoms with Gasteiger partial charge in [-0.05, 0) is 62.4 Å². The third-order valence-corrected chi connectivity index (χ3v) is 4.33. The van der Waals surface area contributed by atoms with Crippen molar-refractivity contribution in [1.82, 2.24) is 9.13 Å². The Hall–Kier alpha value is -3.19. The van der Waals surface area contributed by atoms with Crippen LogP contribution in [-0.2, 0) is 6.54 Å². The number of rotatable bonds is 7. The van der Waals surface area contributed by atoms with Crippen molar-refractivity contribution in [2.24, 2.45) is 0 Å². The van der Waals surface area contributed by atoms with Crippen molar-refractivity contribution in [2.75, 3.05) is 6.61 Å². The van der Waals surface area contributed by atoms with Crippen LogP contribution in [0.15, 0.2) is 59.5 Å². The van der Waals surface area contributed by atoms with Gasteiger partial charge in [-0.2, -0.15) is 0 Å². The molecule has 0 fully saturated rings. The van der Waals surface area contributed by atoms with Gasteiger partial charge in [-0.15, -0.1) is 0 Å². The van der Waals surface area contributed by atoms with Crippen molar-refractivity contribution in [3.63, 3.8) is 0 Å². The molecule has 1 heterocycles. The minimum Gasteiger partial charge on any atom is -0.491 e. The number of Topliss-reactive ketones (excluding diaryl/α,β-unsaturated/α-hetero) is 1. The Kier molecular flexibility index (Phi) is 5.75. The minimum atomic E-state index is -0.918. The fourth-order valence-corrected chi connectivity index (χ4v) is 2.91. The van der Waals surface area contributed by atoms with E-state index in [-0.39, 0.29) is 30.4 Å². The molecule has 3 aromatic rings. The first-order valence-electron chi connectivity index (χ1n) is 8.81. The minimum absolute atomic E-state index is 0.0321. The highest BCUT2D eigenvalue weighted by Crippen LogP contribution is 2.13. The van der Waals surface area contributed by atoms with Gasteiger partial charge >= 0.3 is 5.69 Å². The molecule has 2 aromatic carbocycles. The zero-order chi connectivity index (χ0) is 20.3. The number of ketones is 1. The number of halogens is 1. The van der Waals surface area contributed by atoms with E-state index >= 15 is 0 Å². The molecule has 1 aromatic heterocycles. The number of aryl methyl sites for hydroxylation is 1. The molecule has 0 spiro atoms. The summed E-state index contributed by atoms with van der Waals surface area (Å²) in [6.45, 7) is 3.30. The molecule has 3 rings (SSSR count). The number of benzene rings is 2. The van der Waals surface area contributed by atoms with Crippen LogP contribution in [0.3, 0.4) is 0 Å². The summed E-state index contributed by atoms with van der Waals surface area (Å²) < 4.78 is 21.2. The van der Waals surface area contributed by atoms with E-state index in [1.807, 2.05) is 0 Å². The van der Waals surface area contributed by atoms with E-state index in [1.165, 1.54) is 40.3 Å². The van der Waals surface area contributed by atoms with Crippen LogP contribution in [0.1, 0.15) is 23.0 Å². The highest BCUT2D eigenvalue weighted by molar-refractivity contribution is 5.94. The van der Waals surface area contributed by atoms with Gasteiger partial charge in [0.15, 0.2) is 5.78 Å². The molecular weight excluding hydrogens is 363 g/mol. The van der Waals surface area contributed by atoms with E-state index < -0.39 is 6.10 Å². The molecular formula is C21H21FN2O4. The monoisotopic (exact) mass is 384 g/mol. The van der Waals surface area contributed by atoms with Crippen LogP contribution in [0, 0.1) is 12.7 Å². The van der Waals surface area contributed by atoms with Gasteiger partial charge < -0.3 is 9.84 Å². The summed E-state index contributed by atoms with van der Waals surface area (Å²) in [5.41, 5.74) is 1.62. The Morgan fingerprint density at radius 1 is 1.14 bits per heavy atom. The van der Waals surface area contributed by atoms with Crippen LogP contribution in [0.25, 0.3) is 5.69 Å². The van der Waals surface area contributed by atoms with Gasteiger partial charge in [0.05, 0.1) is 12.2 Å². The van der Waals surface area contributed by atoms with Crippen LogP contribution >= 0.6 is 0 Å². The fourth-order valence-electron chi connectivity index (χ4n) is 2.91. The lowest BCUT2D eigenvalue weighted by molar-refractivity contribution is 0.0915. The number of aliphatic hydroxyl groups is 1. The average Bonchev–Trinajstić information content (AvgIpc) is 2.94. The number of hydrogen-bond acceptors (Lipinski definition) is 4. The van der Waals surface area contributed by atoms with Crippen molar-refractivity contribution in [3.05, 3.63) is 82.3 Å². The van der Waals surface area contributed by atoms with Gasteiger partial charge in [0.2, 0.25) is 0 Å². The van der Waals surface area contributed by atoms with E-state index in [2.05, 4.69) is 0 Å². The zero-order valence-electron chi connectivity index (χ0n) is 15.6. The first-order chi connectivity index (χ1) is 13.3. The second-order valence-corrected chi connectivity index (χ2v) is 6.56. The third-order valence-electron chi connectivity index (χ3n) is 4.33. The van der Waals surface area contributed by atoms with Crippen LogP contribution in [-0.4, -0.2) is 32.7 Å². The summed E-state index contributed by atoms with van der Waals surface area (Å²) in [4.78, 5) is 24.1. The molecule has 0 amide bonds. The summed E-state index contributed by atoms with van der Waals surface area (Å²) in [6, 6.07) is 12.3. The molecule has 0 bridgehead atoms. The molecule has 0 saturated carbocycles. The lowest BCUT2D eigenvalue weighted by Crippen LogP contribution is -2.31. The molecule has 0 radical (unpaired) electrons. The Labute approximate surface area is 161 Å². The Morgan fingerprint density at radius 3 is 2.39 bits per heavy atom. The number of ether oxygens (including phenoxy) is 1. The molecule has 0 aliphatic heterocycles. The summed E-state index contributed by atoms with van der Waals surface area (Å²) in [7, 11) is 0. The molecule has 7 heteroatoms. The molecule has 28 heavy (non-hydrogen) atoms. The quantitative estimate of drug-likeness (QED) is 0.636. The topological polar surface area (TPSA) is 73.5 Å². The fraction of sp³-hybridized carbons (Fsp3) is 0.238. The summed E-state index contributed by atoms with van der Waals surface area (Å²) >= 11 is 0. The van der Waals surface area contributed by atoms with Crippen LogP contribution < -0.4 is 10.4 Å². The molecule has 146 valence electrons. The number of imidazole rings is 1. The van der Waals surface area contributed by atoms with E-state index in [9.17, 15) is 19.1 Å². The molecule has 6 nitrogen and oxygen atoms in total. The molecule has 0 aliphatic carbocycles. The lowest BCUT2D eigenvalue weighted by Gasteiger charge is -2.12. The number of nitrogens with zero attached hydrogens (tertiary/aromatic N) is 2. The number of carbonyl (C=O) groups excluding carboxylic acids is 1. The maximum absolute atomic E-state index is 12.9. The standard InChI is InChI=1S/C21H21FN2O4/c1-14-11-23(12-19(26)13-28-20-9-5-17(22)6-10-20)21(27)24(14)18-7-3-16(4-8-18)15(2)25/h3-11,19,26H,12-13H2,1-2H3.